The number of esters is 3. The van der Waals surface area contributed by atoms with Gasteiger partial charge in [-0.3, -0.25) is 14.4 Å². The number of hydrogen-bond acceptors (Lipinski definition) is 11. The van der Waals surface area contributed by atoms with Gasteiger partial charge in [0.25, 0.3) is 0 Å². The van der Waals surface area contributed by atoms with Crippen LogP contribution in [0.3, 0.4) is 0 Å². The maximum atomic E-state index is 14.8. The molecule has 1 aromatic carbocycles. The molecule has 11 nitrogen and oxygen atoms in total. The van der Waals surface area contributed by atoms with Crippen LogP contribution < -0.4 is 0 Å². The zero-order chi connectivity index (χ0) is 31.0. The van der Waals surface area contributed by atoms with Gasteiger partial charge in [0.15, 0.2) is 17.5 Å². The SMILES string of the molecule is CC(=O)O[C@H]1C(=O)[C@@]2(C)[C@H]([C@H](OC(=O)c3ccccc3)[C@]3(O)C[C@H](O)C(C)=C1C3(C)C)[C@]1(OC(C)=O)CO[C@H]1C[C@@H]2O. The lowest BCUT2D eigenvalue weighted by atomic mass is 9.44. The van der Waals surface area contributed by atoms with Crippen LogP contribution >= 0.6 is 0 Å². The third-order valence-electron chi connectivity index (χ3n) is 10.2. The van der Waals surface area contributed by atoms with Crippen molar-refractivity contribution in [2.45, 2.75) is 96.1 Å². The normalized spacial score (nSPS) is 40.4. The molecule has 9 atom stereocenters. The molecule has 0 unspecified atom stereocenters. The van der Waals surface area contributed by atoms with Crippen LogP contribution in [-0.2, 0) is 33.3 Å². The molecule has 2 bridgehead atoms. The van der Waals surface area contributed by atoms with Gasteiger partial charge < -0.3 is 34.3 Å². The van der Waals surface area contributed by atoms with Gasteiger partial charge in [-0.2, -0.15) is 0 Å². The van der Waals surface area contributed by atoms with Crippen LogP contribution in [0, 0.1) is 16.7 Å². The number of rotatable bonds is 4. The molecule has 228 valence electrons. The van der Waals surface area contributed by atoms with Gasteiger partial charge in [-0.15, -0.1) is 0 Å². The molecule has 1 saturated heterocycles. The van der Waals surface area contributed by atoms with E-state index in [0.717, 1.165) is 6.92 Å². The highest BCUT2D eigenvalue weighted by Gasteiger charge is 2.78. The molecule has 42 heavy (non-hydrogen) atoms. The van der Waals surface area contributed by atoms with Gasteiger partial charge in [0.2, 0.25) is 0 Å². The summed E-state index contributed by atoms with van der Waals surface area (Å²) in [6.45, 7) is 8.42. The summed E-state index contributed by atoms with van der Waals surface area (Å²) in [6, 6.07) is 8.05. The summed E-state index contributed by atoms with van der Waals surface area (Å²) in [6.07, 6.45) is -7.27. The van der Waals surface area contributed by atoms with Gasteiger partial charge in [-0.1, -0.05) is 32.0 Å². The smallest absolute Gasteiger partial charge is 0.338 e. The predicted octanol–water partition coefficient (Wildman–Crippen LogP) is 1.65. The van der Waals surface area contributed by atoms with Crippen LogP contribution in [0.15, 0.2) is 41.5 Å². The minimum Gasteiger partial charge on any atom is -0.455 e. The van der Waals surface area contributed by atoms with Crippen molar-refractivity contribution in [3.05, 3.63) is 47.0 Å². The number of aliphatic hydroxyl groups excluding tert-OH is 2. The van der Waals surface area contributed by atoms with Gasteiger partial charge in [-0.05, 0) is 37.1 Å². The molecule has 2 saturated carbocycles. The summed E-state index contributed by atoms with van der Waals surface area (Å²) in [5, 5.41) is 35.8. The number of fused-ring (bicyclic) bond motifs is 5. The summed E-state index contributed by atoms with van der Waals surface area (Å²) in [5.41, 5.74) is -6.38. The van der Waals surface area contributed by atoms with Crippen molar-refractivity contribution in [3.63, 3.8) is 0 Å². The number of Topliss-reactive ketones (excluding diaryl/α,β-unsaturated/α-hetero) is 1. The Morgan fingerprint density at radius 1 is 1.00 bits per heavy atom. The van der Waals surface area contributed by atoms with E-state index in [9.17, 15) is 34.5 Å². The number of hydrogen-bond donors (Lipinski definition) is 3. The highest BCUT2D eigenvalue weighted by atomic mass is 16.6. The van der Waals surface area contributed by atoms with Crippen molar-refractivity contribution in [2.75, 3.05) is 6.61 Å². The second-order valence-corrected chi connectivity index (χ2v) is 12.8. The van der Waals surface area contributed by atoms with E-state index < -0.39 is 82.2 Å². The number of ketones is 1. The van der Waals surface area contributed by atoms with E-state index in [4.69, 9.17) is 18.9 Å². The molecule has 0 aromatic heterocycles. The van der Waals surface area contributed by atoms with Crippen molar-refractivity contribution >= 4 is 23.7 Å². The first-order valence-corrected chi connectivity index (χ1v) is 14.1. The van der Waals surface area contributed by atoms with Gasteiger partial charge >= 0.3 is 17.9 Å². The summed E-state index contributed by atoms with van der Waals surface area (Å²) in [5.74, 6) is -4.41. The fourth-order valence-electron chi connectivity index (χ4n) is 7.91. The molecule has 11 heteroatoms. The molecule has 0 spiro atoms. The number of aliphatic hydroxyl groups is 3. The Labute approximate surface area is 243 Å². The summed E-state index contributed by atoms with van der Waals surface area (Å²) >= 11 is 0. The molecular weight excluding hydrogens is 548 g/mol. The van der Waals surface area contributed by atoms with Crippen molar-refractivity contribution in [2.24, 2.45) is 16.7 Å². The van der Waals surface area contributed by atoms with Crippen LogP contribution in [-0.4, -0.2) is 87.3 Å². The summed E-state index contributed by atoms with van der Waals surface area (Å²) in [7, 11) is 0. The third kappa shape index (κ3) is 4.08. The minimum atomic E-state index is -2.11. The van der Waals surface area contributed by atoms with E-state index in [-0.39, 0.29) is 30.6 Å². The van der Waals surface area contributed by atoms with Crippen molar-refractivity contribution in [3.8, 4) is 0 Å². The molecule has 5 rings (SSSR count). The molecule has 1 aliphatic heterocycles. The fourth-order valence-corrected chi connectivity index (χ4v) is 7.91. The van der Waals surface area contributed by atoms with E-state index >= 15 is 0 Å². The van der Waals surface area contributed by atoms with Crippen LogP contribution in [0.5, 0.6) is 0 Å². The number of carbonyl (C=O) groups is 4. The summed E-state index contributed by atoms with van der Waals surface area (Å²) in [4.78, 5) is 53.4. The number of ether oxygens (including phenoxy) is 4. The monoisotopic (exact) mass is 586 g/mol. The zero-order valence-corrected chi connectivity index (χ0v) is 24.6. The Balaban J connectivity index is 1.84. The average molecular weight is 587 g/mol. The Hall–Kier alpha value is -3.12. The first kappa shape index (κ1) is 30.3. The molecule has 3 fully saturated rings. The van der Waals surface area contributed by atoms with Crippen molar-refractivity contribution in [1.82, 2.24) is 0 Å². The Kier molecular flexibility index (Phi) is 7.20. The van der Waals surface area contributed by atoms with Gasteiger partial charge in [0.1, 0.15) is 17.8 Å². The van der Waals surface area contributed by atoms with Gasteiger partial charge in [0, 0.05) is 32.1 Å². The van der Waals surface area contributed by atoms with Crippen LogP contribution in [0.1, 0.15) is 64.7 Å². The first-order valence-electron chi connectivity index (χ1n) is 14.1. The molecule has 3 aliphatic carbocycles. The maximum Gasteiger partial charge on any atom is 0.338 e. The maximum absolute atomic E-state index is 14.8. The largest absolute Gasteiger partial charge is 0.455 e. The van der Waals surface area contributed by atoms with Crippen LogP contribution in [0.2, 0.25) is 0 Å². The van der Waals surface area contributed by atoms with Crippen LogP contribution in [0.25, 0.3) is 0 Å². The molecule has 1 heterocycles. The van der Waals surface area contributed by atoms with Gasteiger partial charge in [0.05, 0.1) is 35.7 Å². The van der Waals surface area contributed by atoms with Crippen molar-refractivity contribution in [1.29, 1.82) is 0 Å². The lowest BCUT2D eigenvalue weighted by molar-refractivity contribution is -0.345. The van der Waals surface area contributed by atoms with Crippen molar-refractivity contribution < 1.29 is 53.4 Å². The highest BCUT2D eigenvalue weighted by molar-refractivity contribution is 5.95. The molecule has 3 N–H and O–H groups in total. The number of benzene rings is 1. The Bertz CT molecular complexity index is 1350. The first-order chi connectivity index (χ1) is 19.5. The summed E-state index contributed by atoms with van der Waals surface area (Å²) < 4.78 is 23.5. The lowest BCUT2D eigenvalue weighted by Gasteiger charge is -2.67. The highest BCUT2D eigenvalue weighted by Crippen LogP contribution is 2.64. The minimum absolute atomic E-state index is 0.110. The topological polar surface area (TPSA) is 166 Å². The fraction of sp³-hybridized carbons (Fsp3) is 0.613. The standard InChI is InChI=1S/C31H38O11/c1-15-19(34)13-31(38)26(41-27(37)18-10-8-7-9-11-18)24-29(6,20(35)12-21-30(24,14-39-21)42-17(3)33)25(36)23(40-16(2)32)22(15)28(31,4)5/h7-11,19-21,23-24,26,34-35,38H,12-14H2,1-6H3/t19-,20-,21-,23+,24-,26-,29+,30-,31+/m0/s1. The lowest BCUT2D eigenvalue weighted by Crippen LogP contribution is -2.81. The molecule has 0 amide bonds. The second kappa shape index (κ2) is 9.97. The average Bonchev–Trinajstić information content (AvgIpc) is 2.90. The second-order valence-electron chi connectivity index (χ2n) is 12.8. The quantitative estimate of drug-likeness (QED) is 0.267. The molecule has 1 aromatic rings. The molecule has 4 aliphatic rings. The zero-order valence-electron chi connectivity index (χ0n) is 24.6. The van der Waals surface area contributed by atoms with E-state index in [1.54, 1.807) is 39.0 Å². The number of carbonyl (C=O) groups excluding carboxylic acids is 4. The van der Waals surface area contributed by atoms with Gasteiger partial charge in [-0.25, -0.2) is 4.79 Å². The van der Waals surface area contributed by atoms with E-state index in [1.165, 1.54) is 26.0 Å². The van der Waals surface area contributed by atoms with E-state index in [1.807, 2.05) is 0 Å². The molecule has 0 radical (unpaired) electrons. The predicted molar refractivity (Wildman–Crippen MR) is 145 cm³/mol. The third-order valence-corrected chi connectivity index (χ3v) is 10.2. The van der Waals surface area contributed by atoms with E-state index in [2.05, 4.69) is 0 Å². The molecular formula is C31H38O11. The van der Waals surface area contributed by atoms with E-state index in [0.29, 0.717) is 5.57 Å². The Morgan fingerprint density at radius 3 is 2.19 bits per heavy atom. The Morgan fingerprint density at radius 2 is 1.64 bits per heavy atom. The van der Waals surface area contributed by atoms with Crippen LogP contribution in [0.4, 0.5) is 0 Å².